The number of amides is 1. The maximum Gasteiger partial charge on any atom is 0.274 e. The van der Waals surface area contributed by atoms with Crippen molar-refractivity contribution in [3.05, 3.63) is 106 Å². The number of hydrogen-bond acceptors (Lipinski definition) is 11. The Balaban J connectivity index is 1.40. The number of aryl methyl sites for hydroxylation is 1. The number of nitrogens with one attached hydrogen (secondary N) is 2. The number of nitrogen functional groups attached to an aromatic ring is 1. The molecular weight excluding hydrogens is 627 g/mol. The van der Waals surface area contributed by atoms with Crippen LogP contribution in [0.15, 0.2) is 84.2 Å². The average molecular weight is 654 g/mol. The Morgan fingerprint density at radius 1 is 1.00 bits per heavy atom. The molecule has 13 nitrogen and oxygen atoms in total. The molecule has 46 heavy (non-hydrogen) atoms. The fraction of sp³-hybridized carbons (Fsp3) is 0.129. The van der Waals surface area contributed by atoms with E-state index in [0.29, 0.717) is 28.0 Å². The molecule has 0 saturated heterocycles. The Morgan fingerprint density at radius 3 is 2.50 bits per heavy atom. The summed E-state index contributed by atoms with van der Waals surface area (Å²) in [5.74, 6) is -0.482. The number of nitrogens with zero attached hydrogens (tertiary/aromatic N) is 6. The van der Waals surface area contributed by atoms with Gasteiger partial charge in [0, 0.05) is 23.5 Å². The van der Waals surface area contributed by atoms with Gasteiger partial charge in [0.25, 0.3) is 11.5 Å². The van der Waals surface area contributed by atoms with Crippen LogP contribution in [0.5, 0.6) is 0 Å². The monoisotopic (exact) mass is 653 g/mol. The molecule has 0 saturated carbocycles. The van der Waals surface area contributed by atoms with Crippen LogP contribution in [0, 0.1) is 6.92 Å². The van der Waals surface area contributed by atoms with E-state index in [9.17, 15) is 18.0 Å². The molecular formula is C31H27N9O4S2. The zero-order valence-corrected chi connectivity index (χ0v) is 26.4. The van der Waals surface area contributed by atoms with Gasteiger partial charge in [0.15, 0.2) is 11.5 Å². The van der Waals surface area contributed by atoms with Crippen molar-refractivity contribution in [2.75, 3.05) is 16.7 Å². The maximum absolute atomic E-state index is 14.3. The van der Waals surface area contributed by atoms with Gasteiger partial charge in [-0.1, -0.05) is 30.3 Å². The van der Waals surface area contributed by atoms with E-state index in [0.717, 1.165) is 21.7 Å². The normalized spacial score (nSPS) is 12.2. The summed E-state index contributed by atoms with van der Waals surface area (Å²) in [4.78, 5) is 50.6. The zero-order valence-electron chi connectivity index (χ0n) is 24.8. The van der Waals surface area contributed by atoms with Crippen LogP contribution < -0.4 is 21.3 Å². The van der Waals surface area contributed by atoms with E-state index >= 15 is 0 Å². The van der Waals surface area contributed by atoms with Crippen LogP contribution >= 0.6 is 11.3 Å². The van der Waals surface area contributed by atoms with Gasteiger partial charge >= 0.3 is 0 Å². The van der Waals surface area contributed by atoms with Crippen LogP contribution in [0.2, 0.25) is 0 Å². The zero-order chi connectivity index (χ0) is 32.6. The number of hydrogen-bond donors (Lipinski definition) is 3. The number of rotatable bonds is 8. The molecule has 4 N–H and O–H groups in total. The Kier molecular flexibility index (Phi) is 8.02. The van der Waals surface area contributed by atoms with Gasteiger partial charge < -0.3 is 11.1 Å². The number of pyridine rings is 1. The molecule has 2 aromatic carbocycles. The van der Waals surface area contributed by atoms with E-state index < -0.39 is 22.0 Å². The Morgan fingerprint density at radius 2 is 1.78 bits per heavy atom. The molecule has 1 atom stereocenters. The molecule has 6 rings (SSSR count). The molecule has 0 unspecified atom stereocenters. The Bertz CT molecular complexity index is 2290. The predicted molar refractivity (Wildman–Crippen MR) is 177 cm³/mol. The fourth-order valence-corrected chi connectivity index (χ4v) is 6.29. The minimum Gasteiger partial charge on any atom is -0.382 e. The second-order valence-electron chi connectivity index (χ2n) is 10.4. The van der Waals surface area contributed by atoms with Crippen LogP contribution in [-0.4, -0.2) is 50.1 Å². The van der Waals surface area contributed by atoms with Gasteiger partial charge in [0.05, 0.1) is 62.5 Å². The summed E-state index contributed by atoms with van der Waals surface area (Å²) < 4.78 is 27.2. The number of carbonyl (C=O) groups excluding carboxylic acids is 1. The molecule has 0 aliphatic carbocycles. The standard InChI is InChI=1S/C31H27N9O4S2/c1-17(36-30(41)27-28(32)35-15-24(37-27)19-12-20(14-33-13-19)39-46(3,43)44)29-38-23-11-7-10-22(25-16-34-18(2)45-25)26(23)31(42)40(29)21-8-5-4-6-9-21/h4-17,39H,1-3H3,(H2,32,35)(H,36,41)/t17-/m0/s1. The molecule has 1 amide bonds. The molecule has 0 aliphatic heterocycles. The summed E-state index contributed by atoms with van der Waals surface area (Å²) in [6.45, 7) is 3.61. The summed E-state index contributed by atoms with van der Waals surface area (Å²) in [5.41, 5.74) is 8.23. The fourth-order valence-electron chi connectivity index (χ4n) is 4.94. The quantitative estimate of drug-likeness (QED) is 0.216. The first-order valence-electron chi connectivity index (χ1n) is 13.9. The molecule has 0 spiro atoms. The van der Waals surface area contributed by atoms with E-state index in [-0.39, 0.29) is 28.5 Å². The van der Waals surface area contributed by atoms with Crippen molar-refractivity contribution in [2.24, 2.45) is 0 Å². The lowest BCUT2D eigenvalue weighted by Gasteiger charge is -2.20. The van der Waals surface area contributed by atoms with Gasteiger partial charge in [-0.2, -0.15) is 0 Å². The number of sulfonamides is 1. The van der Waals surface area contributed by atoms with Crippen molar-refractivity contribution in [1.29, 1.82) is 0 Å². The predicted octanol–water partition coefficient (Wildman–Crippen LogP) is 4.11. The van der Waals surface area contributed by atoms with Crippen LogP contribution in [0.1, 0.15) is 34.3 Å². The first-order chi connectivity index (χ1) is 22.0. The highest BCUT2D eigenvalue weighted by Crippen LogP contribution is 2.31. The maximum atomic E-state index is 14.3. The second-order valence-corrected chi connectivity index (χ2v) is 13.4. The summed E-state index contributed by atoms with van der Waals surface area (Å²) in [6.07, 6.45) is 6.92. The van der Waals surface area contributed by atoms with Gasteiger partial charge in [0.1, 0.15) is 5.82 Å². The highest BCUT2D eigenvalue weighted by atomic mass is 32.2. The highest BCUT2D eigenvalue weighted by molar-refractivity contribution is 7.92. The molecule has 4 heterocycles. The SMILES string of the molecule is Cc1ncc(-c2cccc3nc([C@H](C)NC(=O)c4nc(-c5cncc(NS(C)(=O)=O)c5)cnc4N)n(-c4ccccc4)c(=O)c23)s1. The number of fused-ring (bicyclic) bond motifs is 1. The average Bonchev–Trinajstić information content (AvgIpc) is 3.46. The van der Waals surface area contributed by atoms with Crippen molar-refractivity contribution < 1.29 is 13.2 Å². The van der Waals surface area contributed by atoms with E-state index in [1.54, 1.807) is 31.3 Å². The van der Waals surface area contributed by atoms with Crippen LogP contribution in [0.4, 0.5) is 11.5 Å². The molecule has 4 aromatic heterocycles. The molecule has 0 radical (unpaired) electrons. The summed E-state index contributed by atoms with van der Waals surface area (Å²) in [6, 6.07) is 15.2. The van der Waals surface area contributed by atoms with E-state index in [1.165, 1.54) is 40.6 Å². The third-order valence-corrected chi connectivity index (χ3v) is 8.47. The third-order valence-electron chi connectivity index (χ3n) is 6.91. The van der Waals surface area contributed by atoms with Crippen molar-refractivity contribution in [1.82, 2.24) is 34.8 Å². The molecule has 6 aromatic rings. The van der Waals surface area contributed by atoms with Crippen molar-refractivity contribution in [3.63, 3.8) is 0 Å². The molecule has 0 bridgehead atoms. The lowest BCUT2D eigenvalue weighted by atomic mass is 10.1. The largest absolute Gasteiger partial charge is 0.382 e. The summed E-state index contributed by atoms with van der Waals surface area (Å²) in [5, 5.41) is 4.17. The minimum atomic E-state index is -3.54. The van der Waals surface area contributed by atoms with E-state index in [4.69, 9.17) is 10.7 Å². The molecule has 0 fully saturated rings. The first-order valence-corrected chi connectivity index (χ1v) is 16.6. The number of nitrogens with two attached hydrogens (primary N) is 1. The van der Waals surface area contributed by atoms with Gasteiger partial charge in [-0.3, -0.25) is 23.9 Å². The van der Waals surface area contributed by atoms with Crippen LogP contribution in [-0.2, 0) is 10.0 Å². The summed E-state index contributed by atoms with van der Waals surface area (Å²) in [7, 11) is -3.54. The van der Waals surface area contributed by atoms with Gasteiger partial charge in [-0.15, -0.1) is 11.3 Å². The number of aromatic nitrogens is 6. The Hall–Kier alpha value is -5.54. The van der Waals surface area contributed by atoms with E-state index in [1.807, 2.05) is 37.3 Å². The minimum absolute atomic E-state index is 0.122. The number of para-hydroxylation sites is 1. The van der Waals surface area contributed by atoms with Crippen molar-refractivity contribution in [3.8, 4) is 27.4 Å². The molecule has 15 heteroatoms. The van der Waals surface area contributed by atoms with E-state index in [2.05, 4.69) is 30.0 Å². The third kappa shape index (κ3) is 6.18. The number of anilines is 2. The van der Waals surface area contributed by atoms with Gasteiger partial charge in [0.2, 0.25) is 10.0 Å². The second kappa shape index (κ2) is 12.1. The smallest absolute Gasteiger partial charge is 0.274 e. The summed E-state index contributed by atoms with van der Waals surface area (Å²) >= 11 is 1.48. The van der Waals surface area contributed by atoms with Crippen molar-refractivity contribution in [2.45, 2.75) is 19.9 Å². The van der Waals surface area contributed by atoms with Crippen LogP contribution in [0.25, 0.3) is 38.3 Å². The topological polar surface area (TPSA) is 188 Å². The highest BCUT2D eigenvalue weighted by Gasteiger charge is 2.24. The van der Waals surface area contributed by atoms with Gasteiger partial charge in [-0.05, 0) is 38.1 Å². The number of thiazole rings is 1. The van der Waals surface area contributed by atoms with Crippen LogP contribution in [0.3, 0.4) is 0 Å². The molecule has 232 valence electrons. The Labute approximate surface area is 267 Å². The lowest BCUT2D eigenvalue weighted by molar-refractivity contribution is 0.0933. The molecule has 0 aliphatic rings. The number of carbonyl (C=O) groups is 1. The van der Waals surface area contributed by atoms with Gasteiger partial charge in [-0.25, -0.2) is 28.4 Å². The lowest BCUT2D eigenvalue weighted by Crippen LogP contribution is -2.34. The number of benzene rings is 2. The first kappa shape index (κ1) is 30.5. The van der Waals surface area contributed by atoms with Crippen molar-refractivity contribution >= 4 is 49.7 Å².